The van der Waals surface area contributed by atoms with Gasteiger partial charge in [-0.05, 0) is 0 Å². The number of hydrogen-bond acceptors (Lipinski definition) is 2. The van der Waals surface area contributed by atoms with E-state index >= 15 is 0 Å². The molecule has 3 nitrogen and oxygen atoms in total. The summed E-state index contributed by atoms with van der Waals surface area (Å²) in [4.78, 5) is 19.6. The fourth-order valence-electron chi connectivity index (χ4n) is 0. The molecule has 0 aliphatic carbocycles. The first-order valence-electron chi connectivity index (χ1n) is 2.63. The standard InChI is InChI=1S/C3H4O3/c1-2(4)3(5)6/h1H3,(H,5,6)/i1D3,3+1. The Kier molecular flexibility index (Phi) is 0.445. The van der Waals surface area contributed by atoms with Gasteiger partial charge in [-0.25, -0.2) is 4.79 Å². The van der Waals surface area contributed by atoms with Crippen LogP contribution in [0.1, 0.15) is 11.0 Å². The SMILES string of the molecule is [2H]C([2H])([2H])C(=O)[13C](=O)O. The second kappa shape index (κ2) is 1.55. The number of carbonyl (C=O) groups is 2. The Labute approximate surface area is 38.8 Å². The number of carbonyl (C=O) groups excluding carboxylic acids is 1. The number of rotatable bonds is 1. The first-order chi connectivity index (χ1) is 3.85. The maximum atomic E-state index is 10.0. The average molecular weight is 92.1 g/mol. The maximum Gasteiger partial charge on any atom is 0.371 e. The maximum absolute atomic E-state index is 10.0. The van der Waals surface area contributed by atoms with E-state index in [4.69, 9.17) is 9.22 Å². The van der Waals surface area contributed by atoms with E-state index in [1.54, 1.807) is 0 Å². The molecule has 0 fully saturated rings. The van der Waals surface area contributed by atoms with E-state index in [1.807, 2.05) is 0 Å². The molecule has 1 N–H and O–H groups in total. The highest BCUT2D eigenvalue weighted by Crippen LogP contribution is 1.61. The van der Waals surface area contributed by atoms with Crippen molar-refractivity contribution in [3.8, 4) is 0 Å². The normalized spacial score (nSPS) is 17.0. The summed E-state index contributed by atoms with van der Waals surface area (Å²) in [7, 11) is 0. The molecule has 0 aromatic carbocycles. The van der Waals surface area contributed by atoms with E-state index in [0.29, 0.717) is 0 Å². The molecule has 0 heterocycles. The third kappa shape index (κ3) is 1.46. The first-order valence-corrected chi connectivity index (χ1v) is 1.13. The van der Waals surface area contributed by atoms with Crippen molar-refractivity contribution in [1.29, 1.82) is 0 Å². The van der Waals surface area contributed by atoms with E-state index in [-0.39, 0.29) is 0 Å². The van der Waals surface area contributed by atoms with Crippen LogP contribution >= 0.6 is 0 Å². The molecule has 0 aromatic heterocycles. The van der Waals surface area contributed by atoms with Crippen LogP contribution in [0, 0.1) is 0 Å². The van der Waals surface area contributed by atoms with Gasteiger partial charge in [-0.2, -0.15) is 0 Å². The van der Waals surface area contributed by atoms with Gasteiger partial charge in [0.25, 0.3) is 0 Å². The molecular weight excluding hydrogens is 85.0 g/mol. The summed E-state index contributed by atoms with van der Waals surface area (Å²) in [5.41, 5.74) is 0. The zero-order chi connectivity index (χ0) is 7.65. The fourth-order valence-corrected chi connectivity index (χ4v) is 0. The molecule has 0 unspecified atom stereocenters. The van der Waals surface area contributed by atoms with Crippen LogP contribution < -0.4 is 0 Å². The number of Topliss-reactive ketones (excluding diaryl/α,β-unsaturated/α-hetero) is 1. The Morgan fingerprint density at radius 2 is 2.33 bits per heavy atom. The van der Waals surface area contributed by atoms with Gasteiger partial charge in [-0.1, -0.05) is 0 Å². The van der Waals surface area contributed by atoms with Gasteiger partial charge in [0.15, 0.2) is 0 Å². The third-order valence-corrected chi connectivity index (χ3v) is 0.194. The molecule has 0 spiro atoms. The molecule has 0 aliphatic heterocycles. The highest BCUT2D eigenvalue weighted by molar-refractivity contribution is 6.31. The summed E-state index contributed by atoms with van der Waals surface area (Å²) in [6, 6.07) is 0. The third-order valence-electron chi connectivity index (χ3n) is 0.194. The van der Waals surface area contributed by atoms with Crippen LogP contribution in [-0.2, 0) is 9.59 Å². The predicted octanol–water partition coefficient (Wildman–Crippen LogP) is -0.340. The van der Waals surface area contributed by atoms with Crippen LogP contribution in [0.25, 0.3) is 0 Å². The van der Waals surface area contributed by atoms with Gasteiger partial charge in [0.1, 0.15) is 0 Å². The summed E-state index contributed by atoms with van der Waals surface area (Å²) in [5.74, 6) is -3.67. The van der Waals surface area contributed by atoms with Gasteiger partial charge in [0.2, 0.25) is 5.78 Å². The van der Waals surface area contributed by atoms with Crippen molar-refractivity contribution in [2.45, 2.75) is 6.85 Å². The van der Waals surface area contributed by atoms with Gasteiger partial charge in [0, 0.05) is 11.0 Å². The molecule has 0 rings (SSSR count). The Hall–Kier alpha value is -0.860. The van der Waals surface area contributed by atoms with Gasteiger partial charge in [-0.3, -0.25) is 4.79 Å². The van der Waals surface area contributed by atoms with Crippen molar-refractivity contribution < 1.29 is 18.8 Å². The molecule has 0 saturated heterocycles. The van der Waals surface area contributed by atoms with Crippen LogP contribution in [0.15, 0.2) is 0 Å². The zero-order valence-corrected chi connectivity index (χ0v) is 2.76. The number of aliphatic carboxylic acids is 1. The summed E-state index contributed by atoms with van der Waals surface area (Å²) in [6.07, 6.45) is 0. The van der Waals surface area contributed by atoms with Crippen molar-refractivity contribution in [2.24, 2.45) is 0 Å². The van der Waals surface area contributed by atoms with Gasteiger partial charge < -0.3 is 5.11 Å². The number of hydrogen-bond donors (Lipinski definition) is 1. The summed E-state index contributed by atoms with van der Waals surface area (Å²) < 4.78 is 18.8. The van der Waals surface area contributed by atoms with Gasteiger partial charge in [-0.15, -0.1) is 0 Å². The van der Waals surface area contributed by atoms with Crippen molar-refractivity contribution in [3.05, 3.63) is 0 Å². The Morgan fingerprint density at radius 3 is 2.33 bits per heavy atom. The summed E-state index contributed by atoms with van der Waals surface area (Å²) in [6.45, 7) is -3.01. The number of carboxylic acid groups (broad SMARTS) is 1. The van der Waals surface area contributed by atoms with Crippen LogP contribution in [0.4, 0.5) is 0 Å². The molecule has 0 aromatic rings. The molecule has 0 saturated carbocycles. The number of ketones is 1. The lowest BCUT2D eigenvalue weighted by molar-refractivity contribution is -0.148. The van der Waals surface area contributed by atoms with Gasteiger partial charge >= 0.3 is 5.97 Å². The molecule has 0 aliphatic rings. The van der Waals surface area contributed by atoms with Crippen LogP contribution in [0.2, 0.25) is 0 Å². The van der Waals surface area contributed by atoms with E-state index in [0.717, 1.165) is 0 Å². The lowest BCUT2D eigenvalue weighted by Gasteiger charge is -1.73. The van der Waals surface area contributed by atoms with Crippen molar-refractivity contribution >= 4 is 11.8 Å². The summed E-state index contributed by atoms with van der Waals surface area (Å²) in [5, 5.41) is 7.81. The lowest BCUT2D eigenvalue weighted by Crippen LogP contribution is -2.05. The Morgan fingerprint density at radius 1 is 1.83 bits per heavy atom. The largest absolute Gasteiger partial charge is 0.476 e. The molecule has 0 bridgehead atoms. The van der Waals surface area contributed by atoms with Crippen LogP contribution in [-0.4, -0.2) is 16.9 Å². The predicted molar refractivity (Wildman–Crippen MR) is 18.3 cm³/mol. The summed E-state index contributed by atoms with van der Waals surface area (Å²) >= 11 is 0. The molecule has 0 amide bonds. The minimum atomic E-state index is -3.01. The Bertz CT molecular complexity index is 147. The fraction of sp³-hybridized carbons (Fsp3) is 0.333. The van der Waals surface area contributed by atoms with E-state index in [1.165, 1.54) is 0 Å². The zero-order valence-electron chi connectivity index (χ0n) is 5.76. The first kappa shape index (κ1) is 1.73. The van der Waals surface area contributed by atoms with Crippen LogP contribution in [0.3, 0.4) is 0 Å². The quantitative estimate of drug-likeness (QED) is 0.355. The minimum Gasteiger partial charge on any atom is -0.476 e. The van der Waals surface area contributed by atoms with E-state index in [9.17, 15) is 9.59 Å². The van der Waals surface area contributed by atoms with Gasteiger partial charge in [0.05, 0.1) is 0 Å². The molecule has 3 heteroatoms. The monoisotopic (exact) mass is 92.0 g/mol. The van der Waals surface area contributed by atoms with Crippen LogP contribution in [0.5, 0.6) is 0 Å². The molecule has 0 radical (unpaired) electrons. The molecule has 6 heavy (non-hydrogen) atoms. The molecule has 34 valence electrons. The van der Waals surface area contributed by atoms with Crippen molar-refractivity contribution in [1.82, 2.24) is 0 Å². The Balaban J connectivity index is 4.23. The average Bonchev–Trinajstić information content (AvgIpc) is 1.62. The van der Waals surface area contributed by atoms with Crippen molar-refractivity contribution in [3.63, 3.8) is 0 Å². The van der Waals surface area contributed by atoms with E-state index in [2.05, 4.69) is 0 Å². The number of carboxylic acids is 1. The molecular formula is C3H4O3. The second-order valence-corrected chi connectivity index (χ2v) is 0.634. The van der Waals surface area contributed by atoms with Crippen molar-refractivity contribution in [2.75, 3.05) is 0 Å². The highest BCUT2D eigenvalue weighted by atomic mass is 16.5. The topological polar surface area (TPSA) is 54.4 Å². The minimum absolute atomic E-state index is 1.75. The highest BCUT2D eigenvalue weighted by Gasteiger charge is 1.98. The molecule has 0 atom stereocenters. The lowest BCUT2D eigenvalue weighted by atomic mass is 10.7. The van der Waals surface area contributed by atoms with E-state index < -0.39 is 18.6 Å². The smallest absolute Gasteiger partial charge is 0.371 e. The second-order valence-electron chi connectivity index (χ2n) is 0.634.